The van der Waals surface area contributed by atoms with Crippen LogP contribution in [-0.2, 0) is 6.54 Å². The number of hydrogen-bond donors (Lipinski definition) is 2. The molecule has 0 aliphatic heterocycles. The van der Waals surface area contributed by atoms with Crippen molar-refractivity contribution in [3.05, 3.63) is 57.8 Å². The summed E-state index contributed by atoms with van der Waals surface area (Å²) < 4.78 is 26.7. The van der Waals surface area contributed by atoms with Crippen LogP contribution in [0.2, 0.25) is 0 Å². The number of halogens is 3. The average molecular weight is 343 g/mol. The summed E-state index contributed by atoms with van der Waals surface area (Å²) in [4.78, 5) is 14.7. The molecule has 0 atom stereocenters. The van der Waals surface area contributed by atoms with Gasteiger partial charge in [-0.3, -0.25) is 0 Å². The van der Waals surface area contributed by atoms with E-state index >= 15 is 0 Å². The molecule has 0 saturated heterocycles. The molecule has 2 rings (SSSR count). The molecule has 0 spiro atoms. The highest BCUT2D eigenvalue weighted by Crippen LogP contribution is 2.23. The van der Waals surface area contributed by atoms with Crippen molar-refractivity contribution in [2.75, 3.05) is 5.32 Å². The zero-order valence-electron chi connectivity index (χ0n) is 10.0. The van der Waals surface area contributed by atoms with Gasteiger partial charge in [-0.15, -0.1) is 0 Å². The van der Waals surface area contributed by atoms with Crippen molar-refractivity contribution < 1.29 is 18.7 Å². The maximum absolute atomic E-state index is 13.5. The number of carboxylic acids is 1. The molecule has 0 bridgehead atoms. The monoisotopic (exact) mass is 342 g/mol. The highest BCUT2D eigenvalue weighted by atomic mass is 79.9. The van der Waals surface area contributed by atoms with Crippen molar-refractivity contribution in [3.8, 4) is 0 Å². The van der Waals surface area contributed by atoms with E-state index in [-0.39, 0.29) is 22.4 Å². The zero-order valence-corrected chi connectivity index (χ0v) is 11.6. The number of anilines is 1. The van der Waals surface area contributed by atoms with Gasteiger partial charge in [-0.05, 0) is 34.1 Å². The summed E-state index contributed by atoms with van der Waals surface area (Å²) in [5, 5.41) is 11.6. The fourth-order valence-corrected chi connectivity index (χ4v) is 1.88. The molecule has 0 aliphatic carbocycles. The molecule has 0 fully saturated rings. The summed E-state index contributed by atoms with van der Waals surface area (Å²) >= 11 is 2.96. The first-order valence-corrected chi connectivity index (χ1v) is 6.34. The molecule has 4 nitrogen and oxygen atoms in total. The smallest absolute Gasteiger partial charge is 0.354 e. The van der Waals surface area contributed by atoms with Gasteiger partial charge in [0.15, 0.2) is 0 Å². The van der Waals surface area contributed by atoms with E-state index in [4.69, 9.17) is 5.11 Å². The van der Waals surface area contributed by atoms with E-state index in [1.807, 2.05) is 0 Å². The Morgan fingerprint density at radius 2 is 2.05 bits per heavy atom. The fourth-order valence-electron chi connectivity index (χ4n) is 1.54. The van der Waals surface area contributed by atoms with Crippen molar-refractivity contribution in [1.29, 1.82) is 0 Å². The first kappa shape index (κ1) is 14.4. The number of carbonyl (C=O) groups is 1. The number of nitrogens with zero attached hydrogens (tertiary/aromatic N) is 1. The number of hydrogen-bond acceptors (Lipinski definition) is 3. The van der Waals surface area contributed by atoms with Gasteiger partial charge in [-0.2, -0.15) is 0 Å². The maximum atomic E-state index is 13.5. The second-order valence-corrected chi connectivity index (χ2v) is 4.77. The van der Waals surface area contributed by atoms with Crippen molar-refractivity contribution in [3.63, 3.8) is 0 Å². The Labute approximate surface area is 121 Å². The van der Waals surface area contributed by atoms with Gasteiger partial charge in [0.2, 0.25) is 0 Å². The Hall–Kier alpha value is -2.02. The minimum Gasteiger partial charge on any atom is -0.477 e. The van der Waals surface area contributed by atoms with Crippen molar-refractivity contribution in [2.24, 2.45) is 0 Å². The largest absolute Gasteiger partial charge is 0.477 e. The minimum absolute atomic E-state index is 0.0925. The quantitative estimate of drug-likeness (QED) is 0.835. The molecule has 7 heteroatoms. The van der Waals surface area contributed by atoms with E-state index in [1.165, 1.54) is 12.1 Å². The fraction of sp³-hybridized carbons (Fsp3) is 0.0769. The molecular weight excluding hydrogens is 334 g/mol. The van der Waals surface area contributed by atoms with Gasteiger partial charge in [0.05, 0.1) is 22.4 Å². The summed E-state index contributed by atoms with van der Waals surface area (Å²) in [5.74, 6) is -2.57. The van der Waals surface area contributed by atoms with Gasteiger partial charge in [-0.25, -0.2) is 18.6 Å². The molecule has 1 aromatic carbocycles. The van der Waals surface area contributed by atoms with Crippen molar-refractivity contribution >= 4 is 27.6 Å². The topological polar surface area (TPSA) is 62.2 Å². The second kappa shape index (κ2) is 5.96. The van der Waals surface area contributed by atoms with E-state index in [2.05, 4.69) is 26.2 Å². The third-order valence-electron chi connectivity index (χ3n) is 2.50. The third kappa shape index (κ3) is 3.30. The van der Waals surface area contributed by atoms with Gasteiger partial charge < -0.3 is 10.4 Å². The highest BCUT2D eigenvalue weighted by molar-refractivity contribution is 9.10. The van der Waals surface area contributed by atoms with Crippen LogP contribution in [-0.4, -0.2) is 16.1 Å². The average Bonchev–Trinajstić information content (AvgIpc) is 2.41. The second-order valence-electron chi connectivity index (χ2n) is 3.92. The standard InChI is InChI=1S/C13H9BrF2N2O2/c14-8-4-12(10(16)5-9(8)15)17-6-7-2-1-3-11(18-7)13(19)20/h1-5,17H,6H2,(H,19,20). The number of nitrogens with one attached hydrogen (secondary N) is 1. The molecule has 104 valence electrons. The Kier molecular flexibility index (Phi) is 4.29. The first-order chi connectivity index (χ1) is 9.47. The lowest BCUT2D eigenvalue weighted by Gasteiger charge is -2.08. The summed E-state index contributed by atoms with van der Waals surface area (Å²) in [6, 6.07) is 6.54. The summed E-state index contributed by atoms with van der Waals surface area (Å²) in [6.07, 6.45) is 0. The molecule has 0 saturated carbocycles. The normalized spacial score (nSPS) is 10.3. The third-order valence-corrected chi connectivity index (χ3v) is 3.10. The molecule has 0 aliphatic rings. The SMILES string of the molecule is O=C(O)c1cccc(CNc2cc(Br)c(F)cc2F)n1. The van der Waals surface area contributed by atoms with Gasteiger partial charge in [0.25, 0.3) is 0 Å². The van der Waals surface area contributed by atoms with Crippen LogP contribution >= 0.6 is 15.9 Å². The number of benzene rings is 1. The number of aromatic carboxylic acids is 1. The Morgan fingerprint density at radius 1 is 1.30 bits per heavy atom. The molecule has 2 N–H and O–H groups in total. The van der Waals surface area contributed by atoms with E-state index < -0.39 is 17.6 Å². The number of aromatic nitrogens is 1. The van der Waals surface area contributed by atoms with Crippen LogP contribution in [0.15, 0.2) is 34.8 Å². The lowest BCUT2D eigenvalue weighted by atomic mass is 10.2. The predicted octanol–water partition coefficient (Wildman–Crippen LogP) is 3.43. The first-order valence-electron chi connectivity index (χ1n) is 5.55. The number of rotatable bonds is 4. The highest BCUT2D eigenvalue weighted by Gasteiger charge is 2.09. The molecule has 1 aromatic heterocycles. The Balaban J connectivity index is 2.15. The molecule has 2 aromatic rings. The van der Waals surface area contributed by atoms with E-state index in [1.54, 1.807) is 12.1 Å². The van der Waals surface area contributed by atoms with Crippen LogP contribution in [0.1, 0.15) is 16.2 Å². The molecule has 0 amide bonds. The van der Waals surface area contributed by atoms with Crippen LogP contribution < -0.4 is 5.32 Å². The van der Waals surface area contributed by atoms with Crippen molar-refractivity contribution in [2.45, 2.75) is 6.54 Å². The number of carboxylic acid groups (broad SMARTS) is 1. The lowest BCUT2D eigenvalue weighted by molar-refractivity contribution is 0.0690. The molecule has 1 heterocycles. The van der Waals surface area contributed by atoms with E-state index in [0.29, 0.717) is 5.69 Å². The summed E-state index contributed by atoms with van der Waals surface area (Å²) in [6.45, 7) is 0.121. The maximum Gasteiger partial charge on any atom is 0.354 e. The Morgan fingerprint density at radius 3 is 2.75 bits per heavy atom. The predicted molar refractivity (Wildman–Crippen MR) is 72.6 cm³/mol. The molecule has 0 radical (unpaired) electrons. The van der Waals surface area contributed by atoms with Gasteiger partial charge in [0.1, 0.15) is 17.3 Å². The molecule has 0 unspecified atom stereocenters. The lowest BCUT2D eigenvalue weighted by Crippen LogP contribution is -2.07. The minimum atomic E-state index is -1.14. The molecule has 20 heavy (non-hydrogen) atoms. The summed E-state index contributed by atoms with van der Waals surface area (Å²) in [5.41, 5.74) is 0.440. The van der Waals surface area contributed by atoms with Crippen LogP contribution in [0.25, 0.3) is 0 Å². The Bertz CT molecular complexity index is 665. The molecular formula is C13H9BrF2N2O2. The van der Waals surface area contributed by atoms with E-state index in [0.717, 1.165) is 6.07 Å². The van der Waals surface area contributed by atoms with Gasteiger partial charge in [0, 0.05) is 6.07 Å². The van der Waals surface area contributed by atoms with Crippen molar-refractivity contribution in [1.82, 2.24) is 4.98 Å². The van der Waals surface area contributed by atoms with Crippen LogP contribution in [0.3, 0.4) is 0 Å². The van der Waals surface area contributed by atoms with Crippen LogP contribution in [0.5, 0.6) is 0 Å². The number of pyridine rings is 1. The van der Waals surface area contributed by atoms with E-state index in [9.17, 15) is 13.6 Å². The van der Waals surface area contributed by atoms with Gasteiger partial charge >= 0.3 is 5.97 Å². The zero-order chi connectivity index (χ0) is 14.7. The van der Waals surface area contributed by atoms with Gasteiger partial charge in [-0.1, -0.05) is 6.07 Å². The summed E-state index contributed by atoms with van der Waals surface area (Å²) in [7, 11) is 0. The van der Waals surface area contributed by atoms with Crippen LogP contribution in [0, 0.1) is 11.6 Å². The van der Waals surface area contributed by atoms with Crippen LogP contribution in [0.4, 0.5) is 14.5 Å².